The quantitative estimate of drug-likeness (QED) is 0.625. The second-order valence-corrected chi connectivity index (χ2v) is 2.60. The first-order valence-electron chi connectivity index (χ1n) is 4.00. The molecule has 1 rings (SSSR count). The van der Waals surface area contributed by atoms with Crippen molar-refractivity contribution in [1.82, 2.24) is 4.98 Å². The fourth-order valence-corrected chi connectivity index (χ4v) is 0.843. The van der Waals surface area contributed by atoms with E-state index >= 15 is 0 Å². The number of pyridine rings is 1. The highest BCUT2D eigenvalue weighted by atomic mass is 16.3. The van der Waals surface area contributed by atoms with Crippen LogP contribution in [0.25, 0.3) is 0 Å². The van der Waals surface area contributed by atoms with E-state index in [0.717, 1.165) is 5.69 Å². The lowest BCUT2D eigenvalue weighted by Crippen LogP contribution is -1.87. The standard InChI is InChI=1S/C10H11NO2/c1-8-5-6-10(13)9(11-8)4-2-3-7-12/h5-6,12-13H,3,7H2,1H3. The Morgan fingerprint density at radius 1 is 1.46 bits per heavy atom. The fraction of sp³-hybridized carbons (Fsp3) is 0.300. The van der Waals surface area contributed by atoms with E-state index in [0.29, 0.717) is 12.1 Å². The molecule has 2 N–H and O–H groups in total. The largest absolute Gasteiger partial charge is 0.505 e. The second kappa shape index (κ2) is 4.48. The van der Waals surface area contributed by atoms with Crippen LogP contribution >= 0.6 is 0 Å². The van der Waals surface area contributed by atoms with Crippen LogP contribution in [0.2, 0.25) is 0 Å². The smallest absolute Gasteiger partial charge is 0.155 e. The molecular weight excluding hydrogens is 166 g/mol. The van der Waals surface area contributed by atoms with E-state index in [4.69, 9.17) is 5.11 Å². The summed E-state index contributed by atoms with van der Waals surface area (Å²) in [6.45, 7) is 1.86. The molecule has 1 aromatic rings. The summed E-state index contributed by atoms with van der Waals surface area (Å²) in [5.41, 5.74) is 1.18. The Labute approximate surface area is 77.1 Å². The van der Waals surface area contributed by atoms with E-state index in [9.17, 15) is 5.11 Å². The van der Waals surface area contributed by atoms with Crippen LogP contribution < -0.4 is 0 Å². The number of hydrogen-bond donors (Lipinski definition) is 2. The molecule has 13 heavy (non-hydrogen) atoms. The molecule has 3 nitrogen and oxygen atoms in total. The van der Waals surface area contributed by atoms with Crippen molar-refractivity contribution in [2.24, 2.45) is 0 Å². The van der Waals surface area contributed by atoms with Gasteiger partial charge < -0.3 is 10.2 Å². The maximum atomic E-state index is 9.31. The van der Waals surface area contributed by atoms with Crippen molar-refractivity contribution in [1.29, 1.82) is 0 Å². The topological polar surface area (TPSA) is 53.4 Å². The van der Waals surface area contributed by atoms with E-state index in [1.807, 2.05) is 6.92 Å². The van der Waals surface area contributed by atoms with Gasteiger partial charge in [0.15, 0.2) is 5.69 Å². The highest BCUT2D eigenvalue weighted by Gasteiger charge is 1.97. The van der Waals surface area contributed by atoms with Crippen molar-refractivity contribution in [3.05, 3.63) is 23.5 Å². The first kappa shape index (κ1) is 9.56. The number of aromatic hydroxyl groups is 1. The Morgan fingerprint density at radius 2 is 2.23 bits per heavy atom. The van der Waals surface area contributed by atoms with Crippen LogP contribution in [0.4, 0.5) is 0 Å². The maximum absolute atomic E-state index is 9.31. The number of nitrogens with zero attached hydrogens (tertiary/aromatic N) is 1. The summed E-state index contributed by atoms with van der Waals surface area (Å²) >= 11 is 0. The number of aryl methyl sites for hydroxylation is 1. The summed E-state index contributed by atoms with van der Waals surface area (Å²) in [5, 5.41) is 17.8. The van der Waals surface area contributed by atoms with Gasteiger partial charge in [0.05, 0.1) is 6.61 Å². The van der Waals surface area contributed by atoms with Crippen LogP contribution in [-0.4, -0.2) is 21.8 Å². The minimum absolute atomic E-state index is 0.0274. The van der Waals surface area contributed by atoms with Crippen LogP contribution in [0.1, 0.15) is 17.8 Å². The van der Waals surface area contributed by atoms with Crippen molar-refractivity contribution in [2.75, 3.05) is 6.61 Å². The van der Waals surface area contributed by atoms with E-state index in [-0.39, 0.29) is 12.4 Å². The monoisotopic (exact) mass is 177 g/mol. The third-order valence-electron chi connectivity index (χ3n) is 1.46. The average Bonchev–Trinajstić information content (AvgIpc) is 2.11. The summed E-state index contributed by atoms with van der Waals surface area (Å²) in [4.78, 5) is 4.04. The van der Waals surface area contributed by atoms with Crippen LogP contribution in [0, 0.1) is 18.8 Å². The molecule has 0 spiro atoms. The number of aliphatic hydroxyl groups excluding tert-OH is 1. The molecule has 68 valence electrons. The minimum Gasteiger partial charge on any atom is -0.505 e. The molecule has 0 aliphatic rings. The van der Waals surface area contributed by atoms with Gasteiger partial charge in [0.2, 0.25) is 0 Å². The first-order chi connectivity index (χ1) is 6.24. The number of aliphatic hydroxyl groups is 1. The van der Waals surface area contributed by atoms with Crippen LogP contribution in [0.5, 0.6) is 5.75 Å². The molecule has 0 amide bonds. The predicted octanol–water partition coefficient (Wildman–Crippen LogP) is 0.830. The zero-order valence-electron chi connectivity index (χ0n) is 7.41. The van der Waals surface area contributed by atoms with Crippen molar-refractivity contribution in [3.8, 4) is 17.6 Å². The van der Waals surface area contributed by atoms with E-state index in [1.54, 1.807) is 12.1 Å². The van der Waals surface area contributed by atoms with E-state index in [1.165, 1.54) is 0 Å². The molecule has 0 atom stereocenters. The second-order valence-electron chi connectivity index (χ2n) is 2.60. The summed E-state index contributed by atoms with van der Waals surface area (Å²) < 4.78 is 0. The zero-order chi connectivity index (χ0) is 9.68. The summed E-state index contributed by atoms with van der Waals surface area (Å²) in [7, 11) is 0. The number of hydrogen-bond acceptors (Lipinski definition) is 3. The normalized spacial score (nSPS) is 9.08. The maximum Gasteiger partial charge on any atom is 0.155 e. The summed E-state index contributed by atoms with van der Waals surface area (Å²) in [6.07, 6.45) is 0.398. The van der Waals surface area contributed by atoms with Gasteiger partial charge in [-0.05, 0) is 25.0 Å². The van der Waals surface area contributed by atoms with Crippen molar-refractivity contribution < 1.29 is 10.2 Å². The Hall–Kier alpha value is -1.53. The van der Waals surface area contributed by atoms with Gasteiger partial charge in [-0.3, -0.25) is 0 Å². The third kappa shape index (κ3) is 2.77. The van der Waals surface area contributed by atoms with Crippen molar-refractivity contribution >= 4 is 0 Å². The molecule has 0 bridgehead atoms. The molecule has 0 saturated heterocycles. The molecule has 0 aliphatic heterocycles. The molecule has 0 aliphatic carbocycles. The van der Waals surface area contributed by atoms with Gasteiger partial charge in [0.25, 0.3) is 0 Å². The first-order valence-corrected chi connectivity index (χ1v) is 4.00. The summed E-state index contributed by atoms with van der Waals surface area (Å²) in [5.74, 6) is 5.46. The lowest BCUT2D eigenvalue weighted by molar-refractivity contribution is 0.305. The third-order valence-corrected chi connectivity index (χ3v) is 1.46. The molecule has 1 aromatic heterocycles. The molecule has 0 saturated carbocycles. The Morgan fingerprint density at radius 3 is 2.92 bits per heavy atom. The molecule has 1 heterocycles. The molecular formula is C10H11NO2. The van der Waals surface area contributed by atoms with E-state index < -0.39 is 0 Å². The lowest BCUT2D eigenvalue weighted by atomic mass is 10.3. The van der Waals surface area contributed by atoms with Gasteiger partial charge >= 0.3 is 0 Å². The van der Waals surface area contributed by atoms with Gasteiger partial charge in [-0.1, -0.05) is 5.92 Å². The molecule has 0 aromatic carbocycles. The van der Waals surface area contributed by atoms with Gasteiger partial charge in [-0.15, -0.1) is 0 Å². The van der Waals surface area contributed by atoms with Gasteiger partial charge in [-0.2, -0.15) is 0 Å². The predicted molar refractivity (Wildman–Crippen MR) is 49.2 cm³/mol. The number of rotatable bonds is 1. The SMILES string of the molecule is Cc1ccc(O)c(C#CCCO)n1. The van der Waals surface area contributed by atoms with Gasteiger partial charge in [0, 0.05) is 12.1 Å². The van der Waals surface area contributed by atoms with Gasteiger partial charge in [0.1, 0.15) is 5.75 Å². The Bertz CT molecular complexity index is 350. The Kier molecular flexibility index (Phi) is 3.30. The molecule has 0 radical (unpaired) electrons. The minimum atomic E-state index is 0.0274. The van der Waals surface area contributed by atoms with Crippen LogP contribution in [-0.2, 0) is 0 Å². The van der Waals surface area contributed by atoms with Crippen molar-refractivity contribution in [2.45, 2.75) is 13.3 Å². The van der Waals surface area contributed by atoms with Crippen molar-refractivity contribution in [3.63, 3.8) is 0 Å². The average molecular weight is 177 g/mol. The molecule has 0 fully saturated rings. The fourth-order valence-electron chi connectivity index (χ4n) is 0.843. The van der Waals surface area contributed by atoms with E-state index in [2.05, 4.69) is 16.8 Å². The highest BCUT2D eigenvalue weighted by Crippen LogP contribution is 2.12. The zero-order valence-corrected chi connectivity index (χ0v) is 7.41. The van der Waals surface area contributed by atoms with Crippen LogP contribution in [0.15, 0.2) is 12.1 Å². The molecule has 3 heteroatoms. The van der Waals surface area contributed by atoms with Crippen LogP contribution in [0.3, 0.4) is 0 Å². The van der Waals surface area contributed by atoms with Gasteiger partial charge in [-0.25, -0.2) is 4.98 Å². The molecule has 0 unspecified atom stereocenters. The summed E-state index contributed by atoms with van der Waals surface area (Å²) in [6, 6.07) is 3.28. The lowest BCUT2D eigenvalue weighted by Gasteiger charge is -1.96. The Balaban J connectivity index is 2.89. The number of aromatic nitrogens is 1. The highest BCUT2D eigenvalue weighted by molar-refractivity contribution is 5.40.